The zero-order valence-corrected chi connectivity index (χ0v) is 8.90. The molecule has 0 radical (unpaired) electrons. The lowest BCUT2D eigenvalue weighted by Crippen LogP contribution is -2.46. The topological polar surface area (TPSA) is 66.8 Å². The number of ether oxygens (including phenoxy) is 1. The Kier molecular flexibility index (Phi) is 2.80. The van der Waals surface area contributed by atoms with E-state index in [1.165, 1.54) is 18.2 Å². The number of hydrogen-bond acceptors (Lipinski definition) is 4. The predicted molar refractivity (Wildman–Crippen MR) is 56.4 cm³/mol. The molecule has 2 rings (SSSR count). The second-order valence-corrected chi connectivity index (χ2v) is 3.66. The lowest BCUT2D eigenvalue weighted by atomic mass is 10.2. The molecule has 6 heteroatoms. The molecule has 1 N–H and O–H groups in total. The van der Waals surface area contributed by atoms with Crippen molar-refractivity contribution < 1.29 is 19.4 Å². The van der Waals surface area contributed by atoms with E-state index in [1.54, 1.807) is 0 Å². The number of phenolic OH excluding ortho intramolecular Hbond substituents is 1. The third-order valence-electron chi connectivity index (χ3n) is 2.12. The van der Waals surface area contributed by atoms with Crippen LogP contribution in [0.3, 0.4) is 0 Å². The molecule has 1 heterocycles. The highest BCUT2D eigenvalue weighted by molar-refractivity contribution is 6.35. The number of hydrogen-bond donors (Lipinski definition) is 1. The van der Waals surface area contributed by atoms with Gasteiger partial charge in [-0.25, -0.2) is 4.90 Å². The smallest absolute Gasteiger partial charge is 0.259 e. The Labute approximate surface area is 96.2 Å². The van der Waals surface area contributed by atoms with E-state index in [-0.39, 0.29) is 29.7 Å². The summed E-state index contributed by atoms with van der Waals surface area (Å²) in [6.45, 7) is -0.300. The molecular weight excluding hydrogens is 234 g/mol. The number of anilines is 1. The Hall–Kier alpha value is -1.59. The van der Waals surface area contributed by atoms with Gasteiger partial charge in [-0.3, -0.25) is 9.59 Å². The molecule has 0 spiro atoms. The van der Waals surface area contributed by atoms with Crippen molar-refractivity contribution in [3.05, 3.63) is 23.2 Å². The summed E-state index contributed by atoms with van der Waals surface area (Å²) in [5.74, 6) is -0.963. The third-order valence-corrected chi connectivity index (χ3v) is 2.42. The highest BCUT2D eigenvalue weighted by Crippen LogP contribution is 2.30. The van der Waals surface area contributed by atoms with Crippen LogP contribution in [0.2, 0.25) is 5.02 Å². The van der Waals surface area contributed by atoms with Crippen molar-refractivity contribution in [2.75, 3.05) is 18.1 Å². The van der Waals surface area contributed by atoms with Gasteiger partial charge in [0.15, 0.2) is 0 Å². The number of aromatic hydroxyl groups is 1. The summed E-state index contributed by atoms with van der Waals surface area (Å²) in [4.78, 5) is 24.0. The zero-order chi connectivity index (χ0) is 11.7. The molecule has 16 heavy (non-hydrogen) atoms. The van der Waals surface area contributed by atoms with E-state index in [0.717, 1.165) is 4.90 Å². The first-order valence-corrected chi connectivity index (χ1v) is 4.89. The minimum atomic E-state index is -0.469. The molecule has 1 fully saturated rings. The predicted octanol–water partition coefficient (Wildman–Crippen LogP) is 0.935. The molecule has 1 aromatic rings. The van der Waals surface area contributed by atoms with E-state index in [0.29, 0.717) is 0 Å². The van der Waals surface area contributed by atoms with E-state index >= 15 is 0 Å². The van der Waals surface area contributed by atoms with Crippen LogP contribution in [0.1, 0.15) is 0 Å². The molecular formula is C10H8ClNO4. The Morgan fingerprint density at radius 3 is 2.44 bits per heavy atom. The standard InChI is InChI=1S/C10H8ClNO4/c11-7-3-6(13)1-2-8(7)12-9(14)4-16-5-10(12)15/h1-3,13H,4-5H2. The summed E-state index contributed by atoms with van der Waals surface area (Å²) < 4.78 is 4.78. The van der Waals surface area contributed by atoms with Crippen LogP contribution in [0, 0.1) is 0 Å². The van der Waals surface area contributed by atoms with Crippen LogP contribution in [0.4, 0.5) is 5.69 Å². The molecule has 0 saturated carbocycles. The number of benzene rings is 1. The summed E-state index contributed by atoms with van der Waals surface area (Å²) in [7, 11) is 0. The Balaban J connectivity index is 2.42. The van der Waals surface area contributed by atoms with E-state index in [4.69, 9.17) is 16.3 Å². The number of imide groups is 1. The molecule has 84 valence electrons. The second-order valence-electron chi connectivity index (χ2n) is 3.25. The van der Waals surface area contributed by atoms with Gasteiger partial charge in [0.2, 0.25) is 0 Å². The lowest BCUT2D eigenvalue weighted by Gasteiger charge is -2.25. The van der Waals surface area contributed by atoms with Crippen molar-refractivity contribution in [2.45, 2.75) is 0 Å². The molecule has 2 amide bonds. The molecule has 1 aliphatic heterocycles. The first kappa shape index (κ1) is 10.9. The molecule has 0 atom stereocenters. The molecule has 0 bridgehead atoms. The molecule has 1 saturated heterocycles. The largest absolute Gasteiger partial charge is 0.508 e. The minimum Gasteiger partial charge on any atom is -0.508 e. The number of morpholine rings is 1. The fourth-order valence-corrected chi connectivity index (χ4v) is 1.70. The quantitative estimate of drug-likeness (QED) is 0.743. The van der Waals surface area contributed by atoms with Gasteiger partial charge in [0, 0.05) is 6.07 Å². The van der Waals surface area contributed by atoms with E-state index in [1.807, 2.05) is 0 Å². The molecule has 1 aromatic carbocycles. The normalized spacial score (nSPS) is 16.7. The van der Waals surface area contributed by atoms with Gasteiger partial charge in [-0.05, 0) is 12.1 Å². The van der Waals surface area contributed by atoms with Gasteiger partial charge in [-0.1, -0.05) is 11.6 Å². The molecule has 0 unspecified atom stereocenters. The van der Waals surface area contributed by atoms with E-state index in [2.05, 4.69) is 0 Å². The fraction of sp³-hybridized carbons (Fsp3) is 0.200. The maximum absolute atomic E-state index is 11.5. The maximum Gasteiger partial charge on any atom is 0.259 e. The summed E-state index contributed by atoms with van der Waals surface area (Å²) in [6, 6.07) is 4.04. The Morgan fingerprint density at radius 2 is 1.88 bits per heavy atom. The first-order chi connectivity index (χ1) is 7.59. The molecule has 0 aromatic heterocycles. The van der Waals surface area contributed by atoms with Crippen LogP contribution in [-0.4, -0.2) is 30.1 Å². The summed E-state index contributed by atoms with van der Waals surface area (Å²) >= 11 is 5.85. The second kappa shape index (κ2) is 4.11. The SMILES string of the molecule is O=C1COCC(=O)N1c1ccc(O)cc1Cl. The average molecular weight is 242 g/mol. The Bertz CT molecular complexity index is 444. The van der Waals surface area contributed by atoms with Gasteiger partial charge in [0.1, 0.15) is 19.0 Å². The third kappa shape index (κ3) is 1.87. The van der Waals surface area contributed by atoms with Gasteiger partial charge in [-0.15, -0.1) is 0 Å². The number of amides is 2. The van der Waals surface area contributed by atoms with Crippen LogP contribution in [0.25, 0.3) is 0 Å². The van der Waals surface area contributed by atoms with Crippen molar-refractivity contribution in [3.8, 4) is 5.75 Å². The summed E-state index contributed by atoms with van der Waals surface area (Å²) in [5.41, 5.74) is 0.262. The summed E-state index contributed by atoms with van der Waals surface area (Å²) in [6.07, 6.45) is 0. The van der Waals surface area contributed by atoms with Gasteiger partial charge in [0.05, 0.1) is 10.7 Å². The maximum atomic E-state index is 11.5. The number of phenols is 1. The van der Waals surface area contributed by atoms with Gasteiger partial charge in [0.25, 0.3) is 11.8 Å². The number of rotatable bonds is 1. The van der Waals surface area contributed by atoms with Gasteiger partial charge in [-0.2, -0.15) is 0 Å². The lowest BCUT2D eigenvalue weighted by molar-refractivity contribution is -0.138. The highest BCUT2D eigenvalue weighted by atomic mass is 35.5. The number of halogens is 1. The van der Waals surface area contributed by atoms with E-state index in [9.17, 15) is 14.7 Å². The van der Waals surface area contributed by atoms with Gasteiger partial charge < -0.3 is 9.84 Å². The van der Waals surface area contributed by atoms with Crippen molar-refractivity contribution >= 4 is 29.1 Å². The minimum absolute atomic E-state index is 0.0260. The fourth-order valence-electron chi connectivity index (χ4n) is 1.44. The average Bonchev–Trinajstić information content (AvgIpc) is 2.20. The number of nitrogens with zero attached hydrogens (tertiary/aromatic N) is 1. The first-order valence-electron chi connectivity index (χ1n) is 4.51. The van der Waals surface area contributed by atoms with Gasteiger partial charge >= 0.3 is 0 Å². The molecule has 0 aliphatic carbocycles. The summed E-state index contributed by atoms with van der Waals surface area (Å²) in [5, 5.41) is 9.31. The van der Waals surface area contributed by atoms with Crippen molar-refractivity contribution in [1.82, 2.24) is 0 Å². The number of carbonyl (C=O) groups is 2. The Morgan fingerprint density at radius 1 is 1.25 bits per heavy atom. The van der Waals surface area contributed by atoms with E-state index < -0.39 is 11.8 Å². The van der Waals surface area contributed by atoms with Crippen LogP contribution < -0.4 is 4.90 Å². The van der Waals surface area contributed by atoms with Crippen LogP contribution >= 0.6 is 11.6 Å². The monoisotopic (exact) mass is 241 g/mol. The molecule has 1 aliphatic rings. The van der Waals surface area contributed by atoms with Crippen molar-refractivity contribution in [2.24, 2.45) is 0 Å². The highest BCUT2D eigenvalue weighted by Gasteiger charge is 2.29. The van der Waals surface area contributed by atoms with Crippen LogP contribution in [0.5, 0.6) is 5.75 Å². The number of carbonyl (C=O) groups excluding carboxylic acids is 2. The zero-order valence-electron chi connectivity index (χ0n) is 8.14. The molecule has 5 nitrogen and oxygen atoms in total. The van der Waals surface area contributed by atoms with Crippen LogP contribution in [0.15, 0.2) is 18.2 Å². The van der Waals surface area contributed by atoms with Crippen LogP contribution in [-0.2, 0) is 14.3 Å². The van der Waals surface area contributed by atoms with Crippen molar-refractivity contribution in [1.29, 1.82) is 0 Å². The van der Waals surface area contributed by atoms with Crippen molar-refractivity contribution in [3.63, 3.8) is 0 Å².